The Morgan fingerprint density at radius 3 is 0.780 bits per heavy atom. The number of hydrogen-bond donors (Lipinski definition) is 0. The molecule has 34 nitrogen and oxygen atoms in total. The van der Waals surface area contributed by atoms with E-state index in [2.05, 4.69) is 0 Å². The molecule has 0 bridgehead atoms. The van der Waals surface area contributed by atoms with Crippen LogP contribution >= 0.6 is 0 Å². The van der Waals surface area contributed by atoms with Crippen LogP contribution in [0.2, 0.25) is 0 Å². The summed E-state index contributed by atoms with van der Waals surface area (Å²) in [6.07, 6.45) is 13.1. The highest BCUT2D eigenvalue weighted by atomic mass is 16.4. The molecule has 0 unspecified atom stereocenters. The molecule has 0 spiro atoms. The second-order valence-corrected chi connectivity index (χ2v) is 36.6. The summed E-state index contributed by atoms with van der Waals surface area (Å²) in [5, 5.41) is 0. The lowest BCUT2D eigenvalue weighted by atomic mass is 10.0. The fourth-order valence-electron chi connectivity index (χ4n) is 13.5. The first kappa shape index (κ1) is 134. The van der Waals surface area contributed by atoms with Gasteiger partial charge < -0.3 is 54.5 Å². The van der Waals surface area contributed by atoms with Gasteiger partial charge in [0.05, 0.1) is 44.9 Å². The van der Waals surface area contributed by atoms with Crippen molar-refractivity contribution in [3.63, 3.8) is 0 Å². The smallest absolute Gasteiger partial charge is 0.198 e. The van der Waals surface area contributed by atoms with Gasteiger partial charge in [-0.1, -0.05) is 20.8 Å². The van der Waals surface area contributed by atoms with Crippen LogP contribution in [-0.4, -0.2) is 150 Å². The second-order valence-electron chi connectivity index (χ2n) is 36.6. The Balaban J connectivity index is 0.000000858. The van der Waals surface area contributed by atoms with Crippen LogP contribution in [0.1, 0.15) is 413 Å². The number of ketones is 26. The maximum atomic E-state index is 11.8. The van der Waals surface area contributed by atoms with Crippen LogP contribution < -0.4 is 0 Å². The van der Waals surface area contributed by atoms with Crippen molar-refractivity contribution in [1.29, 1.82) is 0 Å². The van der Waals surface area contributed by atoms with Crippen LogP contribution in [0, 0.1) is 20.8 Å². The number of aryl methyl sites for hydroxylation is 8. The van der Waals surface area contributed by atoms with E-state index in [1.807, 2.05) is 77.1 Å². The number of Topliss-reactive ketones (excluding diaryl/α,β-unsaturated/α-hetero) is 26. The lowest BCUT2D eigenvalue weighted by Crippen LogP contribution is -2.11. The van der Waals surface area contributed by atoms with Crippen LogP contribution in [0.5, 0.6) is 0 Å². The molecule has 0 saturated carbocycles. The molecule has 0 aliphatic carbocycles. The Bertz CT molecular complexity index is 5840. The fraction of sp³-hybridized carbons (Fsp3) is 0.500. The van der Waals surface area contributed by atoms with Gasteiger partial charge in [0.15, 0.2) is 57.7 Å². The summed E-state index contributed by atoms with van der Waals surface area (Å²) in [6, 6.07) is 27.8. The number of hydrogen-bond acceptors (Lipinski definition) is 34. The molecule has 0 atom stereocenters. The predicted octanol–water partition coefficient (Wildman–Crippen LogP) is 20.4. The molecule has 816 valence electrons. The molecule has 0 aromatic carbocycles. The monoisotopic (exact) mass is 2080 g/mol. The molecule has 0 saturated heterocycles. The van der Waals surface area contributed by atoms with Crippen LogP contribution in [0.25, 0.3) is 0 Å². The molecule has 0 aliphatic heterocycles. The van der Waals surface area contributed by atoms with Crippen molar-refractivity contribution >= 4 is 150 Å². The molecule has 8 aromatic heterocycles. The summed E-state index contributed by atoms with van der Waals surface area (Å²) in [5.74, 6) is 6.77. The summed E-state index contributed by atoms with van der Waals surface area (Å²) in [4.78, 5) is 291. The van der Waals surface area contributed by atoms with Gasteiger partial charge in [-0.25, -0.2) is 0 Å². The van der Waals surface area contributed by atoms with Crippen molar-refractivity contribution in [2.75, 3.05) is 0 Å². The van der Waals surface area contributed by atoms with E-state index >= 15 is 0 Å². The molecule has 0 aliphatic rings. The van der Waals surface area contributed by atoms with E-state index in [1.165, 1.54) is 80.5 Å². The third kappa shape index (κ3) is 68.2. The van der Waals surface area contributed by atoms with Crippen molar-refractivity contribution in [2.24, 2.45) is 0 Å². The molecule has 8 aromatic rings. The topological polar surface area (TPSA) is 549 Å². The first-order chi connectivity index (χ1) is 70.7. The standard InChI is InChI=1S/C16H20O5.C16H22O4.C15H20O4.2C14H16O5.2C14H18O4.C13H18O3/c1-11(17)3-4-13(19)5-6-14(20)10-16-8-7-15(21-16)9-12(2)18;1-3-14-9-11-16(20-14)15(19)10-8-13(18)7-5-4-6-12(2)17;1-11(16)3-5-13(17)6-7-14(18)8-10-15-9-4-12(2)19-15;1-9(15)7-11(17)3-5-13(18)14-6-4-12(19-14)8-10(2)16;1-3-11(17)13-6-7-14(19-13)12(18)5-4-10(16)8-9(2)15;1-10-6-8-13(18-10)5-3-4-12(16)7-9-14(17)11(2)15;1-3-13-6-7-14(18-13)9-12(17)5-4-11(16)8-10(2)15;1-10(14)6-8-12(15)4-3-5-13-9-7-11(2)16-13/h7-8H,3-6,9-10H2,1-2H3;9,11H,3-8,10H2,1-2H3;4,9H,3,5-8,10H2,1-2H3;4,6H,3,5,7-8H2,1-2H3;6-7H,3-5,8H2,1-2H3;6,8H,3-5,7,9H2,1-2H3;6-7H,3-5,8-9H2,1-2H3;7,9H,3-6,8H2,1-2H3. The SMILES string of the molecule is CC(=O)C(=O)CCC(=O)CCCc1ccc(C)o1.CC(=O)CC(=O)CCC(=O)c1ccc(CC(C)=O)o1.CC(=O)CCC(=O)CCC(=O)CCc1ccc(C)o1.CC(=O)CCC(=O)CCC(=O)Cc1ccc(CC(C)=O)o1.CC(=O)CCC(=O)CCCc1ccc(C)o1.CCC(=O)c1ccc(C(=O)CCC(=O)CC(C)=O)o1.CCc1ccc(C(=O)CCC(=O)CCCCC(C)=O)o1.CCc1ccc(CC(=O)CCC(=O)CC(C)=O)o1. The van der Waals surface area contributed by atoms with Gasteiger partial charge in [-0.3, -0.25) is 105 Å². The zero-order valence-electron chi connectivity index (χ0n) is 89.8. The number of rotatable bonds is 68. The maximum absolute atomic E-state index is 11.8. The van der Waals surface area contributed by atoms with Crippen LogP contribution in [-0.2, 0) is 163 Å². The zero-order chi connectivity index (χ0) is 113. The van der Waals surface area contributed by atoms with Gasteiger partial charge in [-0.2, -0.15) is 0 Å². The number of unbranched alkanes of at least 4 members (excludes halogenated alkanes) is 1. The van der Waals surface area contributed by atoms with Crippen molar-refractivity contribution < 1.29 is 160 Å². The summed E-state index contributed by atoms with van der Waals surface area (Å²) >= 11 is 0. The van der Waals surface area contributed by atoms with E-state index in [1.54, 1.807) is 50.2 Å². The minimum absolute atomic E-state index is 0.00158. The fourth-order valence-corrected chi connectivity index (χ4v) is 13.5. The molecule has 8 rings (SSSR count). The van der Waals surface area contributed by atoms with Gasteiger partial charge in [-0.15, -0.1) is 0 Å². The average Bonchev–Trinajstić information content (AvgIpc) is 1.73. The lowest BCUT2D eigenvalue weighted by molar-refractivity contribution is -0.136. The molecule has 8 heterocycles. The Labute approximate surface area is 875 Å². The quantitative estimate of drug-likeness (QED) is 0.0148. The summed E-state index contributed by atoms with van der Waals surface area (Å²) in [7, 11) is 0. The Morgan fingerprint density at radius 2 is 0.440 bits per heavy atom. The van der Waals surface area contributed by atoms with Gasteiger partial charge in [0, 0.05) is 206 Å². The third-order valence-electron chi connectivity index (χ3n) is 21.7. The Kier molecular flexibility index (Phi) is 67.9. The lowest BCUT2D eigenvalue weighted by Gasteiger charge is -2.00. The van der Waals surface area contributed by atoms with Crippen LogP contribution in [0.3, 0.4) is 0 Å². The van der Waals surface area contributed by atoms with Crippen molar-refractivity contribution in [2.45, 2.75) is 380 Å². The molecule has 34 heteroatoms. The number of carbonyl (C=O) groups is 26. The minimum atomic E-state index is -0.478. The van der Waals surface area contributed by atoms with Gasteiger partial charge >= 0.3 is 0 Å². The molecule has 0 fully saturated rings. The predicted molar refractivity (Wildman–Crippen MR) is 551 cm³/mol. The molecule has 150 heavy (non-hydrogen) atoms. The van der Waals surface area contributed by atoms with Crippen LogP contribution in [0.15, 0.2) is 132 Å². The normalized spacial score (nSPS) is 10.3. The van der Waals surface area contributed by atoms with Crippen LogP contribution in [0.4, 0.5) is 0 Å². The Morgan fingerprint density at radius 1 is 0.187 bits per heavy atom. The Hall–Kier alpha value is -14.3. The highest BCUT2D eigenvalue weighted by Gasteiger charge is 2.22. The van der Waals surface area contributed by atoms with E-state index in [0.717, 1.165) is 84.6 Å². The minimum Gasteiger partial charge on any atom is -0.466 e. The van der Waals surface area contributed by atoms with E-state index in [9.17, 15) is 125 Å². The first-order valence-electron chi connectivity index (χ1n) is 50.6. The van der Waals surface area contributed by atoms with Gasteiger partial charge in [0.25, 0.3) is 0 Å². The van der Waals surface area contributed by atoms with Gasteiger partial charge in [0.1, 0.15) is 185 Å². The van der Waals surface area contributed by atoms with E-state index in [0.29, 0.717) is 99.4 Å². The molecular weight excluding hydrogens is 1940 g/mol. The third-order valence-corrected chi connectivity index (χ3v) is 21.7. The highest BCUT2D eigenvalue weighted by Crippen LogP contribution is 2.22. The molecule has 0 radical (unpaired) electrons. The number of furan rings is 8. The van der Waals surface area contributed by atoms with Gasteiger partial charge in [-0.05, 0) is 206 Å². The molecule has 0 amide bonds. The van der Waals surface area contributed by atoms with Crippen molar-refractivity contribution in [1.82, 2.24) is 0 Å². The zero-order valence-corrected chi connectivity index (χ0v) is 89.8. The summed E-state index contributed by atoms with van der Waals surface area (Å²) in [6.45, 7) is 25.4. The average molecular weight is 2090 g/mol. The van der Waals surface area contributed by atoms with Crippen molar-refractivity contribution in [3.05, 3.63) is 189 Å². The molecule has 0 N–H and O–H groups in total. The number of carbonyl (C=O) groups excluding carboxylic acids is 26. The van der Waals surface area contributed by atoms with Gasteiger partial charge in [0.2, 0.25) is 0 Å². The van der Waals surface area contributed by atoms with E-state index in [-0.39, 0.29) is 317 Å². The molecular formula is C116H148O34. The second kappa shape index (κ2) is 76.2. The first-order valence-corrected chi connectivity index (χ1v) is 50.6. The summed E-state index contributed by atoms with van der Waals surface area (Å²) in [5.41, 5.74) is 0. The maximum Gasteiger partial charge on any atom is 0.198 e. The van der Waals surface area contributed by atoms with E-state index in [4.69, 9.17) is 35.3 Å². The van der Waals surface area contributed by atoms with Crippen molar-refractivity contribution in [3.8, 4) is 0 Å². The van der Waals surface area contributed by atoms with E-state index < -0.39 is 11.6 Å². The highest BCUT2D eigenvalue weighted by molar-refractivity contribution is 6.36. The summed E-state index contributed by atoms with van der Waals surface area (Å²) < 4.78 is 42.7. The largest absolute Gasteiger partial charge is 0.466 e.